The zero-order valence-electron chi connectivity index (χ0n) is 8.29. The summed E-state index contributed by atoms with van der Waals surface area (Å²) >= 11 is 3.35. The van der Waals surface area contributed by atoms with Gasteiger partial charge >= 0.3 is 5.97 Å². The predicted molar refractivity (Wildman–Crippen MR) is 56.7 cm³/mol. The van der Waals surface area contributed by atoms with Gasteiger partial charge in [0.05, 0.1) is 19.0 Å². The molecule has 1 rings (SSSR count). The number of aromatic nitrogens is 2. The van der Waals surface area contributed by atoms with Crippen LogP contribution in [0.1, 0.15) is 22.5 Å². The minimum atomic E-state index is -0.317. The van der Waals surface area contributed by atoms with E-state index in [1.165, 1.54) is 7.11 Å². The first-order valence-electron chi connectivity index (χ1n) is 4.36. The fourth-order valence-electron chi connectivity index (χ4n) is 1.27. The highest BCUT2D eigenvalue weighted by Gasteiger charge is 2.15. The third-order valence-electron chi connectivity index (χ3n) is 2.01. The van der Waals surface area contributed by atoms with Crippen molar-refractivity contribution in [2.24, 2.45) is 7.05 Å². The smallest absolute Gasteiger partial charge is 0.341 e. The third-order valence-corrected chi connectivity index (χ3v) is 2.57. The molecule has 0 atom stereocenters. The number of ether oxygens (including phenoxy) is 1. The largest absolute Gasteiger partial charge is 0.465 e. The number of hydrogen-bond acceptors (Lipinski definition) is 3. The van der Waals surface area contributed by atoms with E-state index >= 15 is 0 Å². The fraction of sp³-hybridized carbons (Fsp3) is 0.556. The second-order valence-corrected chi connectivity index (χ2v) is 3.71. The maximum atomic E-state index is 11.3. The van der Waals surface area contributed by atoms with Gasteiger partial charge in [0, 0.05) is 12.4 Å². The minimum Gasteiger partial charge on any atom is -0.465 e. The van der Waals surface area contributed by atoms with Crippen LogP contribution in [0, 0.1) is 0 Å². The first-order valence-corrected chi connectivity index (χ1v) is 5.48. The molecule has 0 aliphatic heterocycles. The number of halogens is 1. The van der Waals surface area contributed by atoms with Gasteiger partial charge in [-0.05, 0) is 12.8 Å². The van der Waals surface area contributed by atoms with E-state index in [1.807, 2.05) is 7.05 Å². The van der Waals surface area contributed by atoms with E-state index < -0.39 is 0 Å². The number of esters is 1. The second kappa shape index (κ2) is 5.14. The van der Waals surface area contributed by atoms with Crippen LogP contribution in [0.25, 0.3) is 0 Å². The molecule has 1 heterocycles. The highest BCUT2D eigenvalue weighted by Crippen LogP contribution is 2.11. The van der Waals surface area contributed by atoms with Gasteiger partial charge in [-0.1, -0.05) is 15.9 Å². The summed E-state index contributed by atoms with van der Waals surface area (Å²) in [5, 5.41) is 4.95. The number of aryl methyl sites for hydroxylation is 1. The molecule has 1 aromatic rings. The monoisotopic (exact) mass is 260 g/mol. The molecule has 14 heavy (non-hydrogen) atoms. The Kier molecular flexibility index (Phi) is 4.13. The van der Waals surface area contributed by atoms with Crippen molar-refractivity contribution in [2.75, 3.05) is 12.4 Å². The van der Waals surface area contributed by atoms with E-state index in [1.54, 1.807) is 10.9 Å². The summed E-state index contributed by atoms with van der Waals surface area (Å²) in [6.07, 6.45) is 3.35. The lowest BCUT2D eigenvalue weighted by Gasteiger charge is -2.03. The summed E-state index contributed by atoms with van der Waals surface area (Å²) in [4.78, 5) is 11.3. The number of methoxy groups -OCH3 is 1. The first kappa shape index (κ1) is 11.2. The van der Waals surface area contributed by atoms with Crippen LogP contribution < -0.4 is 0 Å². The van der Waals surface area contributed by atoms with Crippen molar-refractivity contribution in [3.05, 3.63) is 17.5 Å². The molecule has 0 amide bonds. The summed E-state index contributed by atoms with van der Waals surface area (Å²) in [5.74, 6) is -0.317. The highest BCUT2D eigenvalue weighted by molar-refractivity contribution is 9.09. The summed E-state index contributed by atoms with van der Waals surface area (Å²) < 4.78 is 6.38. The predicted octanol–water partition coefficient (Wildman–Crippen LogP) is 1.53. The highest BCUT2D eigenvalue weighted by atomic mass is 79.9. The molecule has 0 fully saturated rings. The van der Waals surface area contributed by atoms with E-state index in [-0.39, 0.29) is 5.97 Å². The molecular weight excluding hydrogens is 248 g/mol. The van der Waals surface area contributed by atoms with Crippen molar-refractivity contribution in [1.82, 2.24) is 9.78 Å². The molecule has 0 aliphatic carbocycles. The van der Waals surface area contributed by atoms with Gasteiger partial charge in [-0.3, -0.25) is 4.68 Å². The minimum absolute atomic E-state index is 0.317. The molecule has 0 bridgehead atoms. The zero-order valence-corrected chi connectivity index (χ0v) is 9.87. The molecule has 0 unspecified atom stereocenters. The van der Waals surface area contributed by atoms with Gasteiger partial charge < -0.3 is 4.74 Å². The summed E-state index contributed by atoms with van der Waals surface area (Å²) in [6.45, 7) is 0. The Hall–Kier alpha value is -0.840. The lowest BCUT2D eigenvalue weighted by Crippen LogP contribution is -2.07. The van der Waals surface area contributed by atoms with E-state index in [0.717, 1.165) is 23.9 Å². The molecule has 0 saturated carbocycles. The number of hydrogen-bond donors (Lipinski definition) is 0. The second-order valence-electron chi connectivity index (χ2n) is 2.91. The van der Waals surface area contributed by atoms with Crippen molar-refractivity contribution < 1.29 is 9.53 Å². The Morgan fingerprint density at radius 3 is 3.00 bits per heavy atom. The van der Waals surface area contributed by atoms with E-state index in [4.69, 9.17) is 0 Å². The number of carbonyl (C=O) groups is 1. The number of alkyl halides is 1. The quantitative estimate of drug-likeness (QED) is 0.610. The molecule has 78 valence electrons. The van der Waals surface area contributed by atoms with Gasteiger partial charge in [-0.2, -0.15) is 5.10 Å². The Labute approximate surface area is 91.4 Å². The van der Waals surface area contributed by atoms with Crippen molar-refractivity contribution >= 4 is 21.9 Å². The average Bonchev–Trinajstić information content (AvgIpc) is 2.56. The lowest BCUT2D eigenvalue weighted by atomic mass is 10.1. The topological polar surface area (TPSA) is 44.1 Å². The van der Waals surface area contributed by atoms with Gasteiger partial charge in [-0.25, -0.2) is 4.79 Å². The van der Waals surface area contributed by atoms with Gasteiger partial charge in [-0.15, -0.1) is 0 Å². The van der Waals surface area contributed by atoms with Gasteiger partial charge in [0.15, 0.2) is 0 Å². The fourth-order valence-corrected chi connectivity index (χ4v) is 1.55. The molecule has 4 nitrogen and oxygen atoms in total. The molecule has 0 radical (unpaired) electrons. The molecule has 0 aliphatic rings. The lowest BCUT2D eigenvalue weighted by molar-refractivity contribution is 0.0599. The van der Waals surface area contributed by atoms with Gasteiger partial charge in [0.25, 0.3) is 0 Å². The van der Waals surface area contributed by atoms with E-state index in [0.29, 0.717) is 5.56 Å². The Balaban J connectivity index is 2.88. The summed E-state index contributed by atoms with van der Waals surface area (Å²) in [7, 11) is 3.21. The van der Waals surface area contributed by atoms with Crippen molar-refractivity contribution in [3.8, 4) is 0 Å². The standard InChI is InChI=1S/C9H13BrN2O2/c1-12-8(4-3-5-10)7(6-11-12)9(13)14-2/h6H,3-5H2,1-2H3. The molecule has 0 spiro atoms. The van der Waals surface area contributed by atoms with Crippen LogP contribution in [0.4, 0.5) is 0 Å². The first-order chi connectivity index (χ1) is 6.70. The summed E-state index contributed by atoms with van der Waals surface area (Å²) in [5.41, 5.74) is 1.49. The molecule has 5 heteroatoms. The number of carbonyl (C=O) groups excluding carboxylic acids is 1. The SMILES string of the molecule is COC(=O)c1cnn(C)c1CCCBr. The Bertz CT molecular complexity index is 323. The maximum absolute atomic E-state index is 11.3. The molecule has 0 aromatic carbocycles. The van der Waals surface area contributed by atoms with Crippen molar-refractivity contribution in [1.29, 1.82) is 0 Å². The molecule has 0 saturated heterocycles. The molecule has 1 aromatic heterocycles. The van der Waals surface area contributed by atoms with E-state index in [9.17, 15) is 4.79 Å². The summed E-state index contributed by atoms with van der Waals surface area (Å²) in [6, 6.07) is 0. The van der Waals surface area contributed by atoms with Crippen LogP contribution in [0.5, 0.6) is 0 Å². The van der Waals surface area contributed by atoms with Crippen LogP contribution in [0.2, 0.25) is 0 Å². The Morgan fingerprint density at radius 2 is 2.43 bits per heavy atom. The molecule has 0 N–H and O–H groups in total. The van der Waals surface area contributed by atoms with Gasteiger partial charge in [0.2, 0.25) is 0 Å². The van der Waals surface area contributed by atoms with E-state index in [2.05, 4.69) is 25.8 Å². The van der Waals surface area contributed by atoms with Crippen molar-refractivity contribution in [2.45, 2.75) is 12.8 Å². The Morgan fingerprint density at radius 1 is 1.71 bits per heavy atom. The molecular formula is C9H13BrN2O2. The third kappa shape index (κ3) is 2.35. The van der Waals surface area contributed by atoms with Crippen LogP contribution in [0.3, 0.4) is 0 Å². The number of rotatable bonds is 4. The van der Waals surface area contributed by atoms with Crippen LogP contribution in [-0.4, -0.2) is 28.2 Å². The maximum Gasteiger partial charge on any atom is 0.341 e. The van der Waals surface area contributed by atoms with Crippen molar-refractivity contribution in [3.63, 3.8) is 0 Å². The van der Waals surface area contributed by atoms with Gasteiger partial charge in [0.1, 0.15) is 5.56 Å². The zero-order chi connectivity index (χ0) is 10.6. The number of nitrogens with zero attached hydrogens (tertiary/aromatic N) is 2. The van der Waals surface area contributed by atoms with Crippen LogP contribution in [-0.2, 0) is 18.2 Å². The van der Waals surface area contributed by atoms with Crippen LogP contribution >= 0.6 is 15.9 Å². The normalized spacial score (nSPS) is 10.2. The van der Waals surface area contributed by atoms with Crippen LogP contribution in [0.15, 0.2) is 6.20 Å². The average molecular weight is 261 g/mol.